The lowest BCUT2D eigenvalue weighted by Crippen LogP contribution is -2.04. The number of ether oxygens (including phenoxy) is 1. The molecule has 0 fully saturated rings. The summed E-state index contributed by atoms with van der Waals surface area (Å²) < 4.78 is 4.65. The molecule has 0 amide bonds. The quantitative estimate of drug-likeness (QED) is 0.670. The maximum Gasteiger partial charge on any atom is 0.337 e. The van der Waals surface area contributed by atoms with Gasteiger partial charge in [-0.1, -0.05) is 23.7 Å². The number of ketones is 1. The molecule has 2 aromatic carbocycles. The van der Waals surface area contributed by atoms with Crippen LogP contribution in [-0.4, -0.2) is 18.9 Å². The van der Waals surface area contributed by atoms with Crippen LogP contribution in [0.2, 0.25) is 5.02 Å². The summed E-state index contributed by atoms with van der Waals surface area (Å²) in [6.07, 6.45) is 0. The Bertz CT molecular complexity index is 696. The first kappa shape index (κ1) is 16.0. The van der Waals surface area contributed by atoms with Crippen molar-refractivity contribution in [3.63, 3.8) is 0 Å². The summed E-state index contributed by atoms with van der Waals surface area (Å²) in [7, 11) is 1.35. The van der Waals surface area contributed by atoms with Gasteiger partial charge in [0.15, 0.2) is 5.78 Å². The van der Waals surface area contributed by atoms with Gasteiger partial charge in [0.2, 0.25) is 0 Å². The van der Waals surface area contributed by atoms with E-state index in [4.69, 9.17) is 11.6 Å². The molecule has 0 aliphatic rings. The Hall–Kier alpha value is -2.33. The Kier molecular flexibility index (Phi) is 5.17. The number of rotatable bonds is 5. The zero-order chi connectivity index (χ0) is 16.1. The molecule has 0 unspecified atom stereocenters. The molecule has 4 nitrogen and oxygen atoms in total. The number of hydrogen-bond acceptors (Lipinski definition) is 4. The highest BCUT2D eigenvalue weighted by Crippen LogP contribution is 2.24. The summed E-state index contributed by atoms with van der Waals surface area (Å²) in [5.41, 5.74) is 2.79. The minimum absolute atomic E-state index is 0.0119. The highest BCUT2D eigenvalue weighted by atomic mass is 35.5. The topological polar surface area (TPSA) is 55.4 Å². The van der Waals surface area contributed by atoms with E-state index >= 15 is 0 Å². The van der Waals surface area contributed by atoms with Gasteiger partial charge in [-0.2, -0.15) is 0 Å². The lowest BCUT2D eigenvalue weighted by atomic mass is 10.1. The molecule has 0 saturated carbocycles. The van der Waals surface area contributed by atoms with Gasteiger partial charge in [0.25, 0.3) is 0 Å². The lowest BCUT2D eigenvalue weighted by Gasteiger charge is -2.10. The molecule has 0 saturated heterocycles. The zero-order valence-corrected chi connectivity index (χ0v) is 13.1. The van der Waals surface area contributed by atoms with Crippen LogP contribution in [-0.2, 0) is 11.3 Å². The van der Waals surface area contributed by atoms with Crippen LogP contribution in [0.3, 0.4) is 0 Å². The minimum Gasteiger partial charge on any atom is -0.465 e. The molecule has 22 heavy (non-hydrogen) atoms. The molecule has 0 spiro atoms. The third-order valence-corrected chi connectivity index (χ3v) is 3.56. The Balaban J connectivity index is 2.08. The van der Waals surface area contributed by atoms with Gasteiger partial charge in [0, 0.05) is 12.1 Å². The van der Waals surface area contributed by atoms with Crippen LogP contribution in [0.25, 0.3) is 0 Å². The Morgan fingerprint density at radius 3 is 2.32 bits per heavy atom. The van der Waals surface area contributed by atoms with Crippen LogP contribution in [0.1, 0.15) is 33.2 Å². The van der Waals surface area contributed by atoms with Crippen LogP contribution in [0.5, 0.6) is 0 Å². The first-order valence-corrected chi connectivity index (χ1v) is 7.10. The van der Waals surface area contributed by atoms with Crippen LogP contribution in [0, 0.1) is 0 Å². The molecule has 1 N–H and O–H groups in total. The summed E-state index contributed by atoms with van der Waals surface area (Å²) in [6, 6.07) is 12.2. The predicted molar refractivity (Wildman–Crippen MR) is 86.6 cm³/mol. The smallest absolute Gasteiger partial charge is 0.337 e. The summed E-state index contributed by atoms with van der Waals surface area (Å²) in [6.45, 7) is 2.04. The molecule has 0 aliphatic heterocycles. The second-order valence-corrected chi connectivity index (χ2v) is 5.20. The van der Waals surface area contributed by atoms with Crippen molar-refractivity contribution in [2.45, 2.75) is 13.5 Å². The molecule has 0 aliphatic carbocycles. The van der Waals surface area contributed by atoms with E-state index in [-0.39, 0.29) is 11.8 Å². The minimum atomic E-state index is -0.364. The summed E-state index contributed by atoms with van der Waals surface area (Å²) in [5.74, 6) is -0.376. The second-order valence-electron chi connectivity index (χ2n) is 4.79. The molecule has 0 atom stereocenters. The standard InChI is InChI=1S/C17H16ClNO3/c1-11(20)14-7-8-15(18)16(9-14)19-10-12-3-5-13(6-4-12)17(21)22-2/h3-9,19H,10H2,1-2H3. The van der Waals surface area contributed by atoms with Gasteiger partial charge in [0.05, 0.1) is 23.4 Å². The molecular weight excluding hydrogens is 302 g/mol. The van der Waals surface area contributed by atoms with Gasteiger partial charge >= 0.3 is 5.97 Å². The molecule has 0 bridgehead atoms. The molecule has 0 aromatic heterocycles. The fourth-order valence-corrected chi connectivity index (χ4v) is 2.14. The fraction of sp³-hybridized carbons (Fsp3) is 0.176. The maximum atomic E-state index is 11.4. The number of anilines is 1. The Morgan fingerprint density at radius 1 is 1.09 bits per heavy atom. The van der Waals surface area contributed by atoms with E-state index in [1.54, 1.807) is 30.3 Å². The second kappa shape index (κ2) is 7.09. The number of nitrogens with one attached hydrogen (secondary N) is 1. The number of Topliss-reactive ketones (excluding diaryl/α,β-unsaturated/α-hetero) is 1. The van der Waals surface area contributed by atoms with Gasteiger partial charge in [-0.3, -0.25) is 4.79 Å². The Labute approximate surface area is 134 Å². The summed E-state index contributed by atoms with van der Waals surface area (Å²) in [5, 5.41) is 3.74. The van der Waals surface area contributed by atoms with Crippen LogP contribution in [0.4, 0.5) is 5.69 Å². The normalized spacial score (nSPS) is 10.1. The monoisotopic (exact) mass is 317 g/mol. The molecule has 114 valence electrons. The molecule has 5 heteroatoms. The van der Waals surface area contributed by atoms with Crippen molar-refractivity contribution in [2.24, 2.45) is 0 Å². The van der Waals surface area contributed by atoms with Crippen molar-refractivity contribution in [3.05, 3.63) is 64.2 Å². The maximum absolute atomic E-state index is 11.4. The van der Waals surface area contributed by atoms with E-state index in [0.717, 1.165) is 5.56 Å². The Morgan fingerprint density at radius 2 is 1.73 bits per heavy atom. The van der Waals surface area contributed by atoms with E-state index in [1.807, 2.05) is 12.1 Å². The molecular formula is C17H16ClNO3. The SMILES string of the molecule is COC(=O)c1ccc(CNc2cc(C(C)=O)ccc2Cl)cc1. The van der Waals surface area contributed by atoms with E-state index < -0.39 is 0 Å². The number of benzene rings is 2. The number of halogens is 1. The highest BCUT2D eigenvalue weighted by Gasteiger charge is 2.07. The van der Waals surface area contributed by atoms with Crippen molar-refractivity contribution < 1.29 is 14.3 Å². The van der Waals surface area contributed by atoms with Gasteiger partial charge in [-0.05, 0) is 42.8 Å². The zero-order valence-electron chi connectivity index (χ0n) is 12.4. The molecule has 2 rings (SSSR count). The molecule has 0 heterocycles. The number of esters is 1. The summed E-state index contributed by atoms with van der Waals surface area (Å²) in [4.78, 5) is 22.8. The highest BCUT2D eigenvalue weighted by molar-refractivity contribution is 6.33. The fourth-order valence-electron chi connectivity index (χ4n) is 1.95. The van der Waals surface area contributed by atoms with Crippen LogP contribution >= 0.6 is 11.6 Å². The van der Waals surface area contributed by atoms with Crippen molar-refractivity contribution in [3.8, 4) is 0 Å². The average Bonchev–Trinajstić information content (AvgIpc) is 2.53. The lowest BCUT2D eigenvalue weighted by molar-refractivity contribution is 0.0600. The van der Waals surface area contributed by atoms with Gasteiger partial charge in [0.1, 0.15) is 0 Å². The summed E-state index contributed by atoms with van der Waals surface area (Å²) >= 11 is 6.12. The van der Waals surface area contributed by atoms with E-state index in [9.17, 15) is 9.59 Å². The van der Waals surface area contributed by atoms with Gasteiger partial charge in [-0.25, -0.2) is 4.79 Å². The van der Waals surface area contributed by atoms with Crippen molar-refractivity contribution >= 4 is 29.0 Å². The largest absolute Gasteiger partial charge is 0.465 e. The number of methoxy groups -OCH3 is 1. The number of carbonyl (C=O) groups is 2. The van der Waals surface area contributed by atoms with Crippen molar-refractivity contribution in [1.29, 1.82) is 0 Å². The number of hydrogen-bond donors (Lipinski definition) is 1. The van der Waals surface area contributed by atoms with E-state index in [0.29, 0.717) is 28.4 Å². The molecule has 0 radical (unpaired) electrons. The van der Waals surface area contributed by atoms with Crippen LogP contribution < -0.4 is 5.32 Å². The predicted octanol–water partition coefficient (Wildman–Crippen LogP) is 3.94. The number of carbonyl (C=O) groups excluding carboxylic acids is 2. The first-order chi connectivity index (χ1) is 10.5. The van der Waals surface area contributed by atoms with Gasteiger partial charge in [-0.15, -0.1) is 0 Å². The third-order valence-electron chi connectivity index (χ3n) is 3.23. The van der Waals surface area contributed by atoms with Crippen molar-refractivity contribution in [1.82, 2.24) is 0 Å². The third kappa shape index (κ3) is 3.86. The van der Waals surface area contributed by atoms with E-state index in [1.165, 1.54) is 14.0 Å². The first-order valence-electron chi connectivity index (χ1n) is 6.73. The van der Waals surface area contributed by atoms with E-state index in [2.05, 4.69) is 10.1 Å². The average molecular weight is 318 g/mol. The van der Waals surface area contributed by atoms with Crippen LogP contribution in [0.15, 0.2) is 42.5 Å². The van der Waals surface area contributed by atoms with Crippen molar-refractivity contribution in [2.75, 3.05) is 12.4 Å². The molecule has 2 aromatic rings. The van der Waals surface area contributed by atoms with Gasteiger partial charge < -0.3 is 10.1 Å².